The van der Waals surface area contributed by atoms with Crippen LogP contribution in [0.2, 0.25) is 0 Å². The smallest absolute Gasteiger partial charge is 0.339 e. The lowest BCUT2D eigenvalue weighted by Gasteiger charge is -2.26. The van der Waals surface area contributed by atoms with Crippen LogP contribution in [0.15, 0.2) is 30.4 Å². The van der Waals surface area contributed by atoms with E-state index in [0.29, 0.717) is 24.3 Å². The normalized spacial score (nSPS) is 31.6. The maximum atomic E-state index is 13.3. The zero-order valence-corrected chi connectivity index (χ0v) is 22.6. The third kappa shape index (κ3) is 7.21. The highest BCUT2D eigenvalue weighted by atomic mass is 16.8. The summed E-state index contributed by atoms with van der Waals surface area (Å²) in [5.41, 5.74) is 2.05. The second-order valence-electron chi connectivity index (χ2n) is 10.6. The minimum absolute atomic E-state index is 0.0996. The molecule has 1 N–H and O–H groups in total. The average Bonchev–Trinajstić information content (AvgIpc) is 3.16. The van der Waals surface area contributed by atoms with Gasteiger partial charge in [-0.05, 0) is 57.4 Å². The minimum atomic E-state index is -0.838. The molecule has 2 saturated heterocycles. The maximum Gasteiger partial charge on any atom is 0.339 e. The Labute approximate surface area is 220 Å². The molecule has 8 heteroatoms. The number of morpholine rings is 1. The van der Waals surface area contributed by atoms with Crippen molar-refractivity contribution in [1.82, 2.24) is 4.90 Å². The molecule has 3 heterocycles. The lowest BCUT2D eigenvalue weighted by atomic mass is 9.97. The topological polar surface area (TPSA) is 86.7 Å². The molecular weight excluding hydrogens is 474 g/mol. The molecule has 5 atom stereocenters. The second kappa shape index (κ2) is 12.1. The zero-order valence-electron chi connectivity index (χ0n) is 22.6. The van der Waals surface area contributed by atoms with Gasteiger partial charge in [-0.25, -0.2) is 4.79 Å². The number of cyclic esters (lactones) is 1. The third-order valence-corrected chi connectivity index (χ3v) is 7.19. The van der Waals surface area contributed by atoms with Gasteiger partial charge in [0.1, 0.15) is 30.7 Å². The molecular formula is C29H41NO7. The van der Waals surface area contributed by atoms with Crippen molar-refractivity contribution >= 4 is 12.0 Å². The Morgan fingerprint density at radius 3 is 2.65 bits per heavy atom. The molecule has 4 rings (SSSR count). The molecule has 0 aromatic heterocycles. The molecule has 1 aromatic carbocycles. The number of ether oxygens (including phenoxy) is 5. The van der Waals surface area contributed by atoms with Gasteiger partial charge in [0.15, 0.2) is 5.79 Å². The summed E-state index contributed by atoms with van der Waals surface area (Å²) in [7, 11) is 0. The molecule has 2 unspecified atom stereocenters. The summed E-state index contributed by atoms with van der Waals surface area (Å²) >= 11 is 0. The van der Waals surface area contributed by atoms with Gasteiger partial charge in [-0.3, -0.25) is 4.90 Å². The van der Waals surface area contributed by atoms with Gasteiger partial charge >= 0.3 is 5.97 Å². The van der Waals surface area contributed by atoms with Crippen LogP contribution in [0.4, 0.5) is 0 Å². The zero-order chi connectivity index (χ0) is 26.6. The van der Waals surface area contributed by atoms with Crippen LogP contribution in [0, 0.1) is 12.8 Å². The number of aliphatic hydroxyl groups is 1. The first-order valence-corrected chi connectivity index (χ1v) is 13.3. The number of fused-ring (bicyclic) bond motifs is 2. The Hall–Kier alpha value is -2.23. The molecule has 2 fully saturated rings. The first kappa shape index (κ1) is 27.8. The molecule has 0 saturated carbocycles. The molecule has 0 radical (unpaired) electrons. The van der Waals surface area contributed by atoms with E-state index in [1.54, 1.807) is 6.08 Å². The number of aliphatic hydroxyl groups excluding tert-OH is 1. The van der Waals surface area contributed by atoms with Crippen molar-refractivity contribution in [3.05, 3.63) is 47.1 Å². The number of aryl methyl sites for hydroxylation is 1. The third-order valence-electron chi connectivity index (χ3n) is 7.19. The summed E-state index contributed by atoms with van der Waals surface area (Å²) in [4.78, 5) is 15.6. The number of hydrogen-bond acceptors (Lipinski definition) is 8. The molecule has 0 bridgehead atoms. The SMILES string of the molecule is Cc1cc(OCCN2CCOCC2)cc2c1C(=O)O[C@@H](C)[C@H](C)/C=C\C(O)C1OC(C)(C)O[C@H]1CC=C2. The van der Waals surface area contributed by atoms with E-state index in [9.17, 15) is 9.90 Å². The van der Waals surface area contributed by atoms with E-state index < -0.39 is 18.0 Å². The van der Waals surface area contributed by atoms with Crippen LogP contribution < -0.4 is 4.74 Å². The molecule has 3 aliphatic heterocycles. The second-order valence-corrected chi connectivity index (χ2v) is 10.6. The Morgan fingerprint density at radius 2 is 1.89 bits per heavy atom. The number of benzene rings is 1. The molecule has 0 amide bonds. The van der Waals surface area contributed by atoms with Crippen LogP contribution in [-0.4, -0.2) is 85.6 Å². The number of nitrogens with zero attached hydrogens (tertiary/aromatic N) is 1. The van der Waals surface area contributed by atoms with Gasteiger partial charge in [0.2, 0.25) is 0 Å². The average molecular weight is 516 g/mol. The van der Waals surface area contributed by atoms with E-state index in [-0.39, 0.29) is 24.1 Å². The minimum Gasteiger partial charge on any atom is -0.492 e. The van der Waals surface area contributed by atoms with Gasteiger partial charge in [0.25, 0.3) is 0 Å². The molecule has 8 nitrogen and oxygen atoms in total. The molecule has 204 valence electrons. The van der Waals surface area contributed by atoms with Crippen molar-refractivity contribution in [2.45, 2.75) is 71.2 Å². The summed E-state index contributed by atoms with van der Waals surface area (Å²) in [6, 6.07) is 3.79. The predicted molar refractivity (Wildman–Crippen MR) is 141 cm³/mol. The summed E-state index contributed by atoms with van der Waals surface area (Å²) in [6.07, 6.45) is 5.92. The van der Waals surface area contributed by atoms with E-state index in [1.807, 2.05) is 65.0 Å². The van der Waals surface area contributed by atoms with E-state index in [4.69, 9.17) is 23.7 Å². The number of rotatable bonds is 4. The monoisotopic (exact) mass is 515 g/mol. The lowest BCUT2D eigenvalue weighted by Crippen LogP contribution is -2.38. The molecule has 3 aliphatic rings. The van der Waals surface area contributed by atoms with Crippen molar-refractivity contribution in [2.24, 2.45) is 5.92 Å². The standard InChI is InChI=1S/C29H41NO7/c1-19-9-10-24(31)27-25(36-29(4,5)37-27)8-6-7-22-18-23(34-16-13-30-11-14-33-15-12-30)17-20(2)26(22)28(32)35-21(19)3/h6-7,9-10,17-19,21,24-25,27,31H,8,11-16H2,1-5H3/b7-6?,10-9-/t19-,21+,24?,25+,27?/m1/s1. The first-order chi connectivity index (χ1) is 17.6. The Balaban J connectivity index is 1.59. The van der Waals surface area contributed by atoms with Crippen molar-refractivity contribution in [3.63, 3.8) is 0 Å². The molecule has 0 spiro atoms. The van der Waals surface area contributed by atoms with Crippen LogP contribution in [0.5, 0.6) is 5.75 Å². The number of carbonyl (C=O) groups excluding carboxylic acids is 1. The van der Waals surface area contributed by atoms with Crippen LogP contribution in [0.25, 0.3) is 6.08 Å². The number of esters is 1. The summed E-state index contributed by atoms with van der Waals surface area (Å²) in [5, 5.41) is 10.8. The number of carbonyl (C=O) groups is 1. The van der Waals surface area contributed by atoms with Crippen LogP contribution in [0.3, 0.4) is 0 Å². The van der Waals surface area contributed by atoms with E-state index in [1.165, 1.54) is 0 Å². The van der Waals surface area contributed by atoms with Gasteiger partial charge in [-0.1, -0.05) is 31.2 Å². The van der Waals surface area contributed by atoms with Gasteiger partial charge < -0.3 is 28.8 Å². The Morgan fingerprint density at radius 1 is 1.14 bits per heavy atom. The van der Waals surface area contributed by atoms with Crippen LogP contribution in [0.1, 0.15) is 55.6 Å². The van der Waals surface area contributed by atoms with Crippen molar-refractivity contribution in [2.75, 3.05) is 39.5 Å². The lowest BCUT2D eigenvalue weighted by molar-refractivity contribution is -0.152. The summed E-state index contributed by atoms with van der Waals surface area (Å²) in [5.74, 6) is -0.554. The summed E-state index contributed by atoms with van der Waals surface area (Å²) < 4.78 is 29.5. The molecule has 37 heavy (non-hydrogen) atoms. The fourth-order valence-electron chi connectivity index (χ4n) is 4.95. The van der Waals surface area contributed by atoms with Crippen molar-refractivity contribution in [3.8, 4) is 5.75 Å². The summed E-state index contributed by atoms with van der Waals surface area (Å²) in [6.45, 7) is 14.1. The highest BCUT2D eigenvalue weighted by Crippen LogP contribution is 2.33. The number of hydrogen-bond donors (Lipinski definition) is 1. The van der Waals surface area contributed by atoms with E-state index in [0.717, 1.165) is 44.0 Å². The fraction of sp³-hybridized carbons (Fsp3) is 0.621. The van der Waals surface area contributed by atoms with E-state index >= 15 is 0 Å². The predicted octanol–water partition coefficient (Wildman–Crippen LogP) is 3.74. The highest BCUT2D eigenvalue weighted by molar-refractivity contribution is 5.95. The Kier molecular flexibility index (Phi) is 9.08. The molecule has 0 aliphatic carbocycles. The van der Waals surface area contributed by atoms with Gasteiger partial charge in [-0.15, -0.1) is 0 Å². The highest BCUT2D eigenvalue weighted by Gasteiger charge is 2.43. The Bertz CT molecular complexity index is 998. The quantitative estimate of drug-likeness (QED) is 0.480. The van der Waals surface area contributed by atoms with Gasteiger partial charge in [-0.2, -0.15) is 0 Å². The van der Waals surface area contributed by atoms with E-state index in [2.05, 4.69) is 4.90 Å². The first-order valence-electron chi connectivity index (χ1n) is 13.3. The van der Waals surface area contributed by atoms with Crippen molar-refractivity contribution < 1.29 is 33.6 Å². The van der Waals surface area contributed by atoms with Gasteiger partial charge in [0.05, 0.1) is 24.9 Å². The van der Waals surface area contributed by atoms with Gasteiger partial charge in [0, 0.05) is 25.6 Å². The maximum absolute atomic E-state index is 13.3. The largest absolute Gasteiger partial charge is 0.492 e. The molecule has 1 aromatic rings. The fourth-order valence-corrected chi connectivity index (χ4v) is 4.95. The van der Waals surface area contributed by atoms with Crippen molar-refractivity contribution in [1.29, 1.82) is 0 Å². The van der Waals surface area contributed by atoms with Crippen LogP contribution in [-0.2, 0) is 18.9 Å². The van der Waals surface area contributed by atoms with Crippen LogP contribution >= 0.6 is 0 Å².